The zero-order valence-electron chi connectivity index (χ0n) is 7.66. The molecule has 0 saturated carbocycles. The van der Waals surface area contributed by atoms with Gasteiger partial charge in [-0.15, -0.1) is 0 Å². The minimum Gasteiger partial charge on any atom is -0.478 e. The Bertz CT molecular complexity index is 198. The fourth-order valence-electron chi connectivity index (χ4n) is 0.870. The molecule has 0 radical (unpaired) electrons. The molecule has 1 N–H and O–H groups in total. The number of rotatable bonds is 2. The third kappa shape index (κ3) is 5.90. The van der Waals surface area contributed by atoms with E-state index in [9.17, 15) is 9.59 Å². The summed E-state index contributed by atoms with van der Waals surface area (Å²) < 4.78 is 4.87. The van der Waals surface area contributed by atoms with Crippen molar-refractivity contribution in [2.45, 2.75) is 32.3 Å². The zero-order chi connectivity index (χ0) is 10.3. The smallest absolute Gasteiger partial charge is 0.327 e. The van der Waals surface area contributed by atoms with Crippen molar-refractivity contribution >= 4 is 11.9 Å². The van der Waals surface area contributed by atoms with E-state index >= 15 is 0 Å². The van der Waals surface area contributed by atoms with Crippen molar-refractivity contribution in [1.82, 2.24) is 0 Å². The van der Waals surface area contributed by atoms with Gasteiger partial charge < -0.3 is 9.84 Å². The number of hydrogen-bond acceptors (Lipinski definition) is 3. The average Bonchev–Trinajstić information content (AvgIpc) is 2.52. The van der Waals surface area contributed by atoms with Crippen molar-refractivity contribution in [2.75, 3.05) is 0 Å². The molecule has 4 heteroatoms. The topological polar surface area (TPSA) is 63.6 Å². The first-order chi connectivity index (χ1) is 6.10. The van der Waals surface area contributed by atoms with Crippen LogP contribution in [0.3, 0.4) is 0 Å². The predicted molar refractivity (Wildman–Crippen MR) is 47.2 cm³/mol. The van der Waals surface area contributed by atoms with E-state index in [0.29, 0.717) is 6.42 Å². The van der Waals surface area contributed by atoms with E-state index in [1.165, 1.54) is 0 Å². The predicted octanol–water partition coefficient (Wildman–Crippen LogP) is 1.36. The Hall–Kier alpha value is -1.32. The van der Waals surface area contributed by atoms with Crippen LogP contribution in [-0.4, -0.2) is 23.1 Å². The maximum atomic E-state index is 10.4. The van der Waals surface area contributed by atoms with Crippen LogP contribution in [0.5, 0.6) is 0 Å². The van der Waals surface area contributed by atoms with Gasteiger partial charge in [0, 0.05) is 12.5 Å². The average molecular weight is 186 g/mol. The summed E-state index contributed by atoms with van der Waals surface area (Å²) in [5.41, 5.74) is 0. The van der Waals surface area contributed by atoms with Crippen molar-refractivity contribution < 1.29 is 19.4 Å². The number of aliphatic carboxylic acids is 1. The molecule has 0 aromatic heterocycles. The van der Waals surface area contributed by atoms with E-state index in [-0.39, 0.29) is 12.1 Å². The second kappa shape index (κ2) is 6.22. The molecule has 1 aliphatic heterocycles. The minimum atomic E-state index is -0.981. The van der Waals surface area contributed by atoms with Gasteiger partial charge in [-0.3, -0.25) is 4.79 Å². The van der Waals surface area contributed by atoms with Crippen molar-refractivity contribution in [3.8, 4) is 0 Å². The SMILES string of the molecule is C=CC(=O)O.CCC1CCC(=O)O1. The first-order valence-electron chi connectivity index (χ1n) is 4.15. The molecule has 1 rings (SSSR count). The van der Waals surface area contributed by atoms with E-state index in [1.807, 2.05) is 6.92 Å². The number of cyclic esters (lactones) is 1. The molecular weight excluding hydrogens is 172 g/mol. The molecule has 1 fully saturated rings. The molecule has 1 saturated heterocycles. The molecule has 1 unspecified atom stereocenters. The molecule has 1 aliphatic rings. The van der Waals surface area contributed by atoms with Crippen LogP contribution in [0.4, 0.5) is 0 Å². The molecule has 0 amide bonds. The molecule has 0 aromatic rings. The third-order valence-corrected chi connectivity index (χ3v) is 1.60. The third-order valence-electron chi connectivity index (χ3n) is 1.60. The highest BCUT2D eigenvalue weighted by Crippen LogP contribution is 2.15. The van der Waals surface area contributed by atoms with E-state index in [2.05, 4.69) is 6.58 Å². The number of ether oxygens (including phenoxy) is 1. The molecule has 13 heavy (non-hydrogen) atoms. The maximum Gasteiger partial charge on any atom is 0.327 e. The largest absolute Gasteiger partial charge is 0.478 e. The summed E-state index contributed by atoms with van der Waals surface area (Å²) in [6.45, 7) is 4.99. The molecule has 4 nitrogen and oxygen atoms in total. The lowest BCUT2D eigenvalue weighted by atomic mass is 10.2. The lowest BCUT2D eigenvalue weighted by molar-refractivity contribution is -0.141. The Morgan fingerprint density at radius 1 is 1.85 bits per heavy atom. The number of carbonyl (C=O) groups is 2. The highest BCUT2D eigenvalue weighted by molar-refractivity contribution is 5.78. The van der Waals surface area contributed by atoms with Gasteiger partial charge in [-0.25, -0.2) is 4.79 Å². The zero-order valence-corrected chi connectivity index (χ0v) is 7.66. The number of carboxylic acid groups (broad SMARTS) is 1. The highest BCUT2D eigenvalue weighted by Gasteiger charge is 2.20. The molecule has 74 valence electrons. The molecular formula is C9H14O4. The Morgan fingerprint density at radius 3 is 2.54 bits per heavy atom. The van der Waals surface area contributed by atoms with Gasteiger partial charge in [0.2, 0.25) is 0 Å². The van der Waals surface area contributed by atoms with E-state index in [0.717, 1.165) is 18.9 Å². The maximum absolute atomic E-state index is 10.4. The second-order valence-corrected chi connectivity index (χ2v) is 2.60. The van der Waals surface area contributed by atoms with Gasteiger partial charge in [0.1, 0.15) is 6.10 Å². The lowest BCUT2D eigenvalue weighted by Gasteiger charge is -2.01. The van der Waals surface area contributed by atoms with Gasteiger partial charge in [-0.05, 0) is 12.8 Å². The van der Waals surface area contributed by atoms with E-state index in [4.69, 9.17) is 9.84 Å². The quantitative estimate of drug-likeness (QED) is 0.522. The Balaban J connectivity index is 0.000000252. The van der Waals surface area contributed by atoms with Gasteiger partial charge in [0.15, 0.2) is 0 Å². The summed E-state index contributed by atoms with van der Waals surface area (Å²) in [5, 5.41) is 7.60. The Morgan fingerprint density at radius 2 is 2.38 bits per heavy atom. The Kier molecular flexibility index (Phi) is 5.59. The van der Waals surface area contributed by atoms with Gasteiger partial charge >= 0.3 is 11.9 Å². The first-order valence-corrected chi connectivity index (χ1v) is 4.15. The monoisotopic (exact) mass is 186 g/mol. The van der Waals surface area contributed by atoms with Crippen molar-refractivity contribution in [3.63, 3.8) is 0 Å². The molecule has 0 aromatic carbocycles. The molecule has 0 bridgehead atoms. The van der Waals surface area contributed by atoms with Crippen molar-refractivity contribution in [2.24, 2.45) is 0 Å². The van der Waals surface area contributed by atoms with Gasteiger partial charge in [0.25, 0.3) is 0 Å². The van der Waals surface area contributed by atoms with Crippen LogP contribution in [0.25, 0.3) is 0 Å². The summed E-state index contributed by atoms with van der Waals surface area (Å²) in [6, 6.07) is 0. The second-order valence-electron chi connectivity index (χ2n) is 2.60. The van der Waals surface area contributed by atoms with Crippen molar-refractivity contribution in [1.29, 1.82) is 0 Å². The van der Waals surface area contributed by atoms with Crippen LogP contribution in [0.15, 0.2) is 12.7 Å². The number of esters is 1. The Labute approximate surface area is 77.2 Å². The fraction of sp³-hybridized carbons (Fsp3) is 0.556. The summed E-state index contributed by atoms with van der Waals surface area (Å²) in [5.74, 6) is -1.01. The molecule has 1 heterocycles. The van der Waals surface area contributed by atoms with Crippen LogP contribution < -0.4 is 0 Å². The minimum absolute atomic E-state index is 0.0307. The lowest BCUT2D eigenvalue weighted by Crippen LogP contribution is -2.03. The standard InChI is InChI=1S/C6H10O2.C3H4O2/c1-2-5-3-4-6(7)8-5;1-2-3(4)5/h5H,2-4H2,1H3;2H,1H2,(H,4,5). The molecule has 0 aliphatic carbocycles. The van der Waals surface area contributed by atoms with E-state index < -0.39 is 5.97 Å². The molecule has 0 spiro atoms. The summed E-state index contributed by atoms with van der Waals surface area (Å²) >= 11 is 0. The summed E-state index contributed by atoms with van der Waals surface area (Å²) in [7, 11) is 0. The fourth-order valence-corrected chi connectivity index (χ4v) is 0.870. The van der Waals surface area contributed by atoms with Crippen LogP contribution in [-0.2, 0) is 14.3 Å². The van der Waals surface area contributed by atoms with Crippen LogP contribution in [0.1, 0.15) is 26.2 Å². The van der Waals surface area contributed by atoms with Crippen LogP contribution >= 0.6 is 0 Å². The van der Waals surface area contributed by atoms with Gasteiger partial charge in [-0.1, -0.05) is 13.5 Å². The normalized spacial score (nSPS) is 19.8. The summed E-state index contributed by atoms with van der Waals surface area (Å²) in [4.78, 5) is 19.6. The van der Waals surface area contributed by atoms with Crippen molar-refractivity contribution in [3.05, 3.63) is 12.7 Å². The summed E-state index contributed by atoms with van der Waals surface area (Å²) in [6.07, 6.45) is 3.57. The van der Waals surface area contributed by atoms with Crippen LogP contribution in [0, 0.1) is 0 Å². The molecule has 1 atom stereocenters. The number of carboxylic acids is 1. The highest BCUT2D eigenvalue weighted by atomic mass is 16.5. The number of hydrogen-bond donors (Lipinski definition) is 1. The van der Waals surface area contributed by atoms with Gasteiger partial charge in [-0.2, -0.15) is 0 Å². The van der Waals surface area contributed by atoms with E-state index in [1.54, 1.807) is 0 Å². The van der Waals surface area contributed by atoms with Gasteiger partial charge in [0.05, 0.1) is 0 Å². The first kappa shape index (κ1) is 11.7. The van der Waals surface area contributed by atoms with Crippen LogP contribution in [0.2, 0.25) is 0 Å². The number of carbonyl (C=O) groups excluding carboxylic acids is 1.